The molecular weight excluding hydrogens is 282 g/mol. The van der Waals surface area contributed by atoms with Gasteiger partial charge in [-0.15, -0.1) is 0 Å². The van der Waals surface area contributed by atoms with E-state index in [-0.39, 0.29) is 12.8 Å². The van der Waals surface area contributed by atoms with Crippen LogP contribution in [-0.2, 0) is 0 Å². The Morgan fingerprint density at radius 1 is 0.909 bits per heavy atom. The average molecular weight is 313 g/mol. The summed E-state index contributed by atoms with van der Waals surface area (Å²) >= 11 is 0. The van der Waals surface area contributed by atoms with Gasteiger partial charge in [0.05, 0.1) is 22.9 Å². The Morgan fingerprint density at radius 2 is 1.59 bits per heavy atom. The van der Waals surface area contributed by atoms with Crippen molar-refractivity contribution in [1.29, 1.82) is 0 Å². The van der Waals surface area contributed by atoms with E-state index in [1.54, 1.807) is 0 Å². The minimum atomic E-state index is -1.26. The van der Waals surface area contributed by atoms with Crippen molar-refractivity contribution in [1.82, 2.24) is 4.90 Å². The lowest BCUT2D eigenvalue weighted by atomic mass is 9.64. The zero-order valence-electron chi connectivity index (χ0n) is 13.5. The lowest BCUT2D eigenvalue weighted by molar-refractivity contribution is -0.241. The van der Waals surface area contributed by atoms with E-state index in [0.717, 1.165) is 32.5 Å². The van der Waals surface area contributed by atoms with Crippen LogP contribution in [-0.4, -0.2) is 67.9 Å². The first-order valence-electron chi connectivity index (χ1n) is 8.95. The van der Waals surface area contributed by atoms with Crippen LogP contribution >= 0.6 is 0 Å². The molecule has 4 atom stereocenters. The Labute approximate surface area is 132 Å². The minimum Gasteiger partial charge on any atom is -0.390 e. The fraction of sp³-hybridized carbons (Fsp3) is 1.00. The molecule has 3 aliphatic rings. The lowest BCUT2D eigenvalue weighted by Gasteiger charge is -2.51. The van der Waals surface area contributed by atoms with Gasteiger partial charge < -0.3 is 25.3 Å². The maximum Gasteiger partial charge on any atom is 0.0962 e. The monoisotopic (exact) mass is 313 g/mol. The Kier molecular flexibility index (Phi) is 4.56. The molecule has 5 nitrogen and oxygen atoms in total. The first-order valence-corrected chi connectivity index (χ1v) is 8.95. The standard InChI is InChI=1S/C17H31NO4/c19-14-12-16(21)7-4-8-17(16,22)13-15(14,20)6-5-11-18-9-2-1-3-10-18/h14,19-22H,1-13H2. The zero-order chi connectivity index (χ0) is 15.8. The fourth-order valence-corrected chi connectivity index (χ4v) is 4.86. The number of aliphatic hydroxyl groups is 4. The summed E-state index contributed by atoms with van der Waals surface area (Å²) in [4.78, 5) is 2.42. The van der Waals surface area contributed by atoms with Crippen molar-refractivity contribution in [3.8, 4) is 0 Å². The first-order chi connectivity index (χ1) is 10.4. The van der Waals surface area contributed by atoms with Gasteiger partial charge in [-0.1, -0.05) is 6.42 Å². The summed E-state index contributed by atoms with van der Waals surface area (Å²) < 4.78 is 0. The molecule has 0 spiro atoms. The molecular formula is C17H31NO4. The third-order valence-corrected chi connectivity index (χ3v) is 6.33. The molecule has 0 amide bonds. The summed E-state index contributed by atoms with van der Waals surface area (Å²) in [6, 6.07) is 0. The maximum absolute atomic E-state index is 10.9. The van der Waals surface area contributed by atoms with Gasteiger partial charge in [0.15, 0.2) is 0 Å². The predicted octanol–water partition coefficient (Wildman–Crippen LogP) is 0.784. The lowest BCUT2D eigenvalue weighted by Crippen LogP contribution is -2.65. The fourth-order valence-electron chi connectivity index (χ4n) is 4.86. The van der Waals surface area contributed by atoms with Gasteiger partial charge >= 0.3 is 0 Å². The molecule has 0 aromatic heterocycles. The average Bonchev–Trinajstić information content (AvgIpc) is 2.75. The zero-order valence-corrected chi connectivity index (χ0v) is 13.5. The van der Waals surface area contributed by atoms with E-state index >= 15 is 0 Å². The Bertz CT molecular complexity index is 400. The van der Waals surface area contributed by atoms with Gasteiger partial charge in [0.25, 0.3) is 0 Å². The molecule has 128 valence electrons. The van der Waals surface area contributed by atoms with Gasteiger partial charge in [0.1, 0.15) is 0 Å². The van der Waals surface area contributed by atoms with Crippen molar-refractivity contribution in [2.45, 2.75) is 87.1 Å². The quantitative estimate of drug-likeness (QED) is 0.616. The van der Waals surface area contributed by atoms with Crippen LogP contribution < -0.4 is 0 Å². The highest BCUT2D eigenvalue weighted by Gasteiger charge is 2.62. The number of hydrogen-bond donors (Lipinski definition) is 4. The Morgan fingerprint density at radius 3 is 2.32 bits per heavy atom. The SMILES string of the molecule is OC1CC2(O)CCCC2(O)CC1(O)CCCN1CCCCC1. The molecule has 0 aromatic carbocycles. The topological polar surface area (TPSA) is 84.2 Å². The third kappa shape index (κ3) is 2.94. The molecule has 0 bridgehead atoms. The summed E-state index contributed by atoms with van der Waals surface area (Å²) in [5.41, 5.74) is -3.71. The van der Waals surface area contributed by atoms with Crippen LogP contribution in [0.3, 0.4) is 0 Å². The van der Waals surface area contributed by atoms with E-state index in [9.17, 15) is 20.4 Å². The molecule has 5 heteroatoms. The highest BCUT2D eigenvalue weighted by molar-refractivity contribution is 5.15. The van der Waals surface area contributed by atoms with Gasteiger partial charge in [-0.05, 0) is 64.6 Å². The largest absolute Gasteiger partial charge is 0.390 e. The van der Waals surface area contributed by atoms with E-state index in [0.29, 0.717) is 19.3 Å². The van der Waals surface area contributed by atoms with Crippen LogP contribution in [0, 0.1) is 0 Å². The summed E-state index contributed by atoms with van der Waals surface area (Å²) in [7, 11) is 0. The molecule has 1 heterocycles. The van der Waals surface area contributed by atoms with Crippen LogP contribution in [0.4, 0.5) is 0 Å². The van der Waals surface area contributed by atoms with Crippen molar-refractivity contribution in [2.75, 3.05) is 19.6 Å². The maximum atomic E-state index is 10.9. The highest BCUT2D eigenvalue weighted by Crippen LogP contribution is 2.52. The highest BCUT2D eigenvalue weighted by atomic mass is 16.4. The molecule has 4 N–H and O–H groups in total. The molecule has 1 saturated heterocycles. The second kappa shape index (κ2) is 6.02. The summed E-state index contributed by atoms with van der Waals surface area (Å²) in [6.45, 7) is 3.20. The Balaban J connectivity index is 1.57. The molecule has 3 rings (SSSR count). The minimum absolute atomic E-state index is 0.0870. The number of hydrogen-bond acceptors (Lipinski definition) is 5. The number of piperidine rings is 1. The molecule has 22 heavy (non-hydrogen) atoms. The second-order valence-corrected chi connectivity index (χ2v) is 7.92. The summed E-state index contributed by atoms with van der Waals surface area (Å²) in [5, 5.41) is 42.5. The van der Waals surface area contributed by atoms with Crippen molar-refractivity contribution in [3.63, 3.8) is 0 Å². The van der Waals surface area contributed by atoms with Crippen molar-refractivity contribution >= 4 is 0 Å². The molecule has 3 fully saturated rings. The predicted molar refractivity (Wildman–Crippen MR) is 83.5 cm³/mol. The molecule has 1 aliphatic heterocycles. The van der Waals surface area contributed by atoms with E-state index in [4.69, 9.17) is 0 Å². The van der Waals surface area contributed by atoms with Gasteiger partial charge in [-0.2, -0.15) is 0 Å². The van der Waals surface area contributed by atoms with Crippen LogP contribution in [0.25, 0.3) is 0 Å². The van der Waals surface area contributed by atoms with E-state index in [1.165, 1.54) is 19.3 Å². The number of nitrogens with zero attached hydrogens (tertiary/aromatic N) is 1. The summed E-state index contributed by atoms with van der Waals surface area (Å²) in [5.74, 6) is 0. The molecule has 0 radical (unpaired) electrons. The molecule has 0 aromatic rings. The number of aliphatic hydroxyl groups excluding tert-OH is 1. The number of rotatable bonds is 4. The smallest absolute Gasteiger partial charge is 0.0962 e. The van der Waals surface area contributed by atoms with Crippen molar-refractivity contribution in [3.05, 3.63) is 0 Å². The van der Waals surface area contributed by atoms with E-state index < -0.39 is 22.9 Å². The normalized spacial score (nSPS) is 46.6. The third-order valence-electron chi connectivity index (χ3n) is 6.33. The van der Waals surface area contributed by atoms with E-state index in [1.807, 2.05) is 0 Å². The van der Waals surface area contributed by atoms with Crippen molar-refractivity contribution < 1.29 is 20.4 Å². The molecule has 2 aliphatic carbocycles. The first kappa shape index (κ1) is 16.7. The van der Waals surface area contributed by atoms with Crippen LogP contribution in [0.5, 0.6) is 0 Å². The second-order valence-electron chi connectivity index (χ2n) is 7.92. The number of fused-ring (bicyclic) bond motifs is 1. The molecule has 2 saturated carbocycles. The van der Waals surface area contributed by atoms with Crippen molar-refractivity contribution in [2.24, 2.45) is 0 Å². The van der Waals surface area contributed by atoms with Gasteiger partial charge in [-0.25, -0.2) is 0 Å². The van der Waals surface area contributed by atoms with Gasteiger partial charge in [-0.3, -0.25) is 0 Å². The Hall–Kier alpha value is -0.200. The number of likely N-dealkylation sites (tertiary alicyclic amines) is 1. The van der Waals surface area contributed by atoms with Crippen LogP contribution in [0.15, 0.2) is 0 Å². The van der Waals surface area contributed by atoms with E-state index in [2.05, 4.69) is 4.90 Å². The van der Waals surface area contributed by atoms with Gasteiger partial charge in [0.2, 0.25) is 0 Å². The summed E-state index contributed by atoms with van der Waals surface area (Å²) in [6.07, 6.45) is 6.15. The van der Waals surface area contributed by atoms with Gasteiger partial charge in [0, 0.05) is 12.8 Å². The molecule has 4 unspecified atom stereocenters. The van der Waals surface area contributed by atoms with Crippen LogP contribution in [0.2, 0.25) is 0 Å². The van der Waals surface area contributed by atoms with Crippen LogP contribution in [0.1, 0.15) is 64.2 Å².